The molecular formula is C32H32FNO2. The van der Waals surface area contributed by atoms with Gasteiger partial charge < -0.3 is 5.11 Å². The van der Waals surface area contributed by atoms with Crippen molar-refractivity contribution in [1.82, 2.24) is 4.90 Å². The first-order valence-electron chi connectivity index (χ1n) is 12.3. The third-order valence-corrected chi connectivity index (χ3v) is 6.88. The smallest absolute Gasteiger partial charge is 0.305 e. The van der Waals surface area contributed by atoms with E-state index in [0.29, 0.717) is 12.1 Å². The maximum absolute atomic E-state index is 15.2. The first kappa shape index (κ1) is 25.3. The second-order valence-electron chi connectivity index (χ2n) is 9.36. The Morgan fingerprint density at radius 2 is 1.44 bits per heavy atom. The zero-order valence-electron chi connectivity index (χ0n) is 21.0. The normalized spacial score (nSPS) is 12.9. The molecule has 1 N–H and O–H groups in total. The van der Waals surface area contributed by atoms with Crippen molar-refractivity contribution in [3.8, 4) is 11.1 Å². The number of aliphatic carboxylic acids is 1. The lowest BCUT2D eigenvalue weighted by Gasteiger charge is -2.37. The number of nitrogens with zero attached hydrogens (tertiary/aromatic N) is 1. The van der Waals surface area contributed by atoms with Gasteiger partial charge in [0.25, 0.3) is 0 Å². The van der Waals surface area contributed by atoms with E-state index in [-0.39, 0.29) is 18.3 Å². The first-order chi connectivity index (χ1) is 17.3. The molecule has 0 heterocycles. The van der Waals surface area contributed by atoms with Crippen molar-refractivity contribution in [1.29, 1.82) is 0 Å². The molecule has 0 amide bonds. The third kappa shape index (κ3) is 5.72. The summed E-state index contributed by atoms with van der Waals surface area (Å²) in [6.07, 6.45) is -0.0954. The van der Waals surface area contributed by atoms with Crippen LogP contribution in [0.25, 0.3) is 11.1 Å². The summed E-state index contributed by atoms with van der Waals surface area (Å²) < 4.78 is 15.2. The fourth-order valence-corrected chi connectivity index (χ4v) is 5.01. The van der Waals surface area contributed by atoms with Crippen LogP contribution in [0.15, 0.2) is 97.1 Å². The van der Waals surface area contributed by atoms with Crippen molar-refractivity contribution in [2.75, 3.05) is 0 Å². The quantitative estimate of drug-likeness (QED) is 0.264. The second-order valence-corrected chi connectivity index (χ2v) is 9.36. The highest BCUT2D eigenvalue weighted by molar-refractivity contribution is 5.73. The number of rotatable bonds is 9. The minimum atomic E-state index is -0.892. The summed E-state index contributed by atoms with van der Waals surface area (Å²) in [5, 5.41) is 9.94. The number of hydrogen-bond donors (Lipinski definition) is 1. The van der Waals surface area contributed by atoms with Crippen molar-refractivity contribution in [3.05, 3.63) is 131 Å². The van der Waals surface area contributed by atoms with Crippen LogP contribution in [0.3, 0.4) is 0 Å². The summed E-state index contributed by atoms with van der Waals surface area (Å²) in [6.45, 7) is 6.61. The molecule has 4 aromatic rings. The van der Waals surface area contributed by atoms with Gasteiger partial charge in [-0.1, -0.05) is 84.9 Å². The van der Waals surface area contributed by atoms with Crippen molar-refractivity contribution in [2.45, 2.75) is 45.8 Å². The fraction of sp³-hybridized carbons (Fsp3) is 0.219. The highest BCUT2D eigenvalue weighted by Gasteiger charge is 2.29. The van der Waals surface area contributed by atoms with Crippen LogP contribution in [0.4, 0.5) is 4.39 Å². The molecule has 0 aliphatic heterocycles. The van der Waals surface area contributed by atoms with Gasteiger partial charge in [0.05, 0.1) is 6.42 Å². The average molecular weight is 482 g/mol. The highest BCUT2D eigenvalue weighted by atomic mass is 19.1. The standard InChI is InChI=1S/C32H32FNO2/c1-22-11-10-12-23(2)32(22)28-19-27(17-18-29(28)33)30(20-31(35)36)34(21-25-13-6-4-7-14-25)24(3)26-15-8-5-9-16-26/h4-19,24,30H,20-21H2,1-3H3,(H,35,36). The number of aryl methyl sites for hydroxylation is 2. The molecule has 0 aromatic heterocycles. The minimum absolute atomic E-state index is 0.0653. The van der Waals surface area contributed by atoms with E-state index >= 15 is 4.39 Å². The second kappa shape index (κ2) is 11.3. The molecule has 2 unspecified atom stereocenters. The van der Waals surface area contributed by atoms with Gasteiger partial charge in [0.15, 0.2) is 0 Å². The van der Waals surface area contributed by atoms with E-state index in [2.05, 4.69) is 36.1 Å². The molecule has 4 aromatic carbocycles. The molecular weight excluding hydrogens is 449 g/mol. The Balaban J connectivity index is 1.85. The topological polar surface area (TPSA) is 40.5 Å². The number of carboxylic acids is 1. The van der Waals surface area contributed by atoms with Crippen LogP contribution in [0.1, 0.15) is 53.2 Å². The van der Waals surface area contributed by atoms with Gasteiger partial charge in [-0.05, 0) is 66.3 Å². The monoisotopic (exact) mass is 481 g/mol. The number of carbonyl (C=O) groups is 1. The van der Waals surface area contributed by atoms with Gasteiger partial charge in [-0.3, -0.25) is 9.69 Å². The Labute approximate surface area is 212 Å². The van der Waals surface area contributed by atoms with E-state index in [1.54, 1.807) is 6.07 Å². The van der Waals surface area contributed by atoms with Gasteiger partial charge in [-0.2, -0.15) is 0 Å². The van der Waals surface area contributed by atoms with Gasteiger partial charge in [-0.15, -0.1) is 0 Å². The van der Waals surface area contributed by atoms with Crippen molar-refractivity contribution in [3.63, 3.8) is 0 Å². The van der Waals surface area contributed by atoms with Gasteiger partial charge >= 0.3 is 5.97 Å². The SMILES string of the molecule is Cc1cccc(C)c1-c1cc(C(CC(=O)O)N(Cc2ccccc2)C(C)c2ccccc2)ccc1F. The molecule has 0 saturated heterocycles. The Kier molecular flexibility index (Phi) is 7.97. The minimum Gasteiger partial charge on any atom is -0.481 e. The lowest BCUT2D eigenvalue weighted by atomic mass is 9.91. The van der Waals surface area contributed by atoms with Crippen molar-refractivity contribution >= 4 is 5.97 Å². The van der Waals surface area contributed by atoms with E-state index in [1.165, 1.54) is 6.07 Å². The summed E-state index contributed by atoms with van der Waals surface area (Å²) in [5.74, 6) is -1.20. The molecule has 0 aliphatic rings. The van der Waals surface area contributed by atoms with E-state index in [4.69, 9.17) is 0 Å². The van der Waals surface area contributed by atoms with Crippen molar-refractivity contribution in [2.24, 2.45) is 0 Å². The van der Waals surface area contributed by atoms with E-state index < -0.39 is 12.0 Å². The Bertz CT molecular complexity index is 1300. The lowest BCUT2D eigenvalue weighted by molar-refractivity contribution is -0.138. The Hall–Kier alpha value is -3.76. The van der Waals surface area contributed by atoms with E-state index in [1.807, 2.05) is 74.5 Å². The molecule has 2 atom stereocenters. The predicted molar refractivity (Wildman–Crippen MR) is 143 cm³/mol. The van der Waals surface area contributed by atoms with Gasteiger partial charge in [-0.25, -0.2) is 4.39 Å². The van der Waals surface area contributed by atoms with Crippen LogP contribution < -0.4 is 0 Å². The Morgan fingerprint density at radius 3 is 2.06 bits per heavy atom. The number of hydrogen-bond acceptors (Lipinski definition) is 2. The summed E-state index contributed by atoms with van der Waals surface area (Å²) in [5.41, 5.74) is 6.31. The Morgan fingerprint density at radius 1 is 0.833 bits per heavy atom. The molecule has 184 valence electrons. The lowest BCUT2D eigenvalue weighted by Crippen LogP contribution is -2.32. The molecule has 4 heteroatoms. The molecule has 36 heavy (non-hydrogen) atoms. The maximum atomic E-state index is 15.2. The van der Waals surface area contributed by atoms with Crippen LogP contribution in [-0.4, -0.2) is 16.0 Å². The van der Waals surface area contributed by atoms with Gasteiger partial charge in [0.1, 0.15) is 5.82 Å². The summed E-state index contributed by atoms with van der Waals surface area (Å²) in [6, 6.07) is 30.6. The van der Waals surface area contributed by atoms with E-state index in [0.717, 1.165) is 33.4 Å². The predicted octanol–water partition coefficient (Wildman–Crippen LogP) is 7.89. The molecule has 0 saturated carbocycles. The van der Waals surface area contributed by atoms with Gasteiger partial charge in [0.2, 0.25) is 0 Å². The van der Waals surface area contributed by atoms with Gasteiger partial charge in [0, 0.05) is 24.2 Å². The summed E-state index contributed by atoms with van der Waals surface area (Å²) in [4.78, 5) is 14.3. The largest absolute Gasteiger partial charge is 0.481 e. The van der Waals surface area contributed by atoms with Crippen molar-refractivity contribution < 1.29 is 14.3 Å². The molecule has 0 spiro atoms. The third-order valence-electron chi connectivity index (χ3n) is 6.88. The van der Waals surface area contributed by atoms with E-state index in [9.17, 15) is 9.90 Å². The first-order valence-corrected chi connectivity index (χ1v) is 12.3. The maximum Gasteiger partial charge on any atom is 0.305 e. The molecule has 0 bridgehead atoms. The van der Waals surface area contributed by atoms with Crippen LogP contribution >= 0.6 is 0 Å². The summed E-state index contributed by atoms with van der Waals surface area (Å²) >= 11 is 0. The number of benzene rings is 4. The van der Waals surface area contributed by atoms with Crippen LogP contribution in [0.2, 0.25) is 0 Å². The number of halogens is 1. The number of carboxylic acid groups (broad SMARTS) is 1. The highest BCUT2D eigenvalue weighted by Crippen LogP contribution is 2.38. The average Bonchev–Trinajstić information content (AvgIpc) is 2.88. The zero-order valence-corrected chi connectivity index (χ0v) is 21.0. The molecule has 0 fully saturated rings. The molecule has 3 nitrogen and oxygen atoms in total. The summed E-state index contributed by atoms with van der Waals surface area (Å²) in [7, 11) is 0. The molecule has 0 aliphatic carbocycles. The van der Waals surface area contributed by atoms with Crippen LogP contribution in [0, 0.1) is 19.7 Å². The molecule has 0 radical (unpaired) electrons. The van der Waals surface area contributed by atoms with Crippen LogP contribution in [0.5, 0.6) is 0 Å². The molecule has 4 rings (SSSR count). The fourth-order valence-electron chi connectivity index (χ4n) is 5.01. The van der Waals surface area contributed by atoms with Crippen LogP contribution in [-0.2, 0) is 11.3 Å². The zero-order chi connectivity index (χ0) is 25.7.